The van der Waals surface area contributed by atoms with Crippen LogP contribution in [0.4, 0.5) is 17.3 Å². The monoisotopic (exact) mass is 494 g/mol. The number of anilines is 3. The second kappa shape index (κ2) is 8.84. The predicted molar refractivity (Wildman–Crippen MR) is 127 cm³/mol. The van der Waals surface area contributed by atoms with Gasteiger partial charge in [-0.3, -0.25) is 4.79 Å². The molecule has 3 aromatic rings. The molecule has 3 aromatic heterocycles. The summed E-state index contributed by atoms with van der Waals surface area (Å²) >= 11 is 0. The first-order valence-corrected chi connectivity index (χ1v) is 12.3. The van der Waals surface area contributed by atoms with Gasteiger partial charge in [-0.05, 0) is 38.1 Å². The van der Waals surface area contributed by atoms with E-state index in [1.54, 1.807) is 18.2 Å². The molecule has 0 bridgehead atoms. The number of fused-ring (bicyclic) bond motifs is 1. The molecule has 0 aromatic carbocycles. The van der Waals surface area contributed by atoms with Gasteiger partial charge in [0.1, 0.15) is 23.8 Å². The molecule has 0 atom stereocenters. The second-order valence-corrected chi connectivity index (χ2v) is 10.5. The van der Waals surface area contributed by atoms with Crippen LogP contribution in [-0.4, -0.2) is 47.7 Å². The van der Waals surface area contributed by atoms with Crippen molar-refractivity contribution in [1.82, 2.24) is 15.0 Å². The number of sulfone groups is 1. The Bertz CT molecular complexity index is 1480. The minimum Gasteiger partial charge on any atom is -0.479 e. The molecule has 11 nitrogen and oxygen atoms in total. The molecular formula is C23H22N6O5S. The fraction of sp³-hybridized carbons (Fsp3) is 0.261. The van der Waals surface area contributed by atoms with Gasteiger partial charge in [0.2, 0.25) is 5.91 Å². The Balaban J connectivity index is 1.80. The van der Waals surface area contributed by atoms with Crippen molar-refractivity contribution >= 4 is 33.1 Å². The Hall–Kier alpha value is -4.24. The zero-order valence-corrected chi connectivity index (χ0v) is 20.2. The Kier molecular flexibility index (Phi) is 6.04. The molecule has 1 amide bonds. The van der Waals surface area contributed by atoms with Crippen molar-refractivity contribution in [2.45, 2.75) is 31.4 Å². The topological polar surface area (TPSA) is 156 Å². The van der Waals surface area contributed by atoms with Gasteiger partial charge < -0.3 is 20.1 Å². The van der Waals surface area contributed by atoms with Crippen molar-refractivity contribution < 1.29 is 22.7 Å². The van der Waals surface area contributed by atoms with Crippen LogP contribution in [0, 0.1) is 11.3 Å². The van der Waals surface area contributed by atoms with Crippen molar-refractivity contribution in [1.29, 1.82) is 5.26 Å². The molecule has 0 radical (unpaired) electrons. The molecule has 35 heavy (non-hydrogen) atoms. The molecule has 0 fully saturated rings. The summed E-state index contributed by atoms with van der Waals surface area (Å²) in [5.41, 5.74) is 1.03. The highest BCUT2D eigenvalue weighted by atomic mass is 32.2. The normalized spacial score (nSPS) is 14.0. The first-order chi connectivity index (χ1) is 16.4. The predicted octanol–water partition coefficient (Wildman–Crippen LogP) is 3.07. The van der Waals surface area contributed by atoms with Gasteiger partial charge in [0.25, 0.3) is 5.88 Å². The Labute approximate surface area is 202 Å². The van der Waals surface area contributed by atoms with Crippen LogP contribution in [0.3, 0.4) is 0 Å². The van der Waals surface area contributed by atoms with Gasteiger partial charge in [0, 0.05) is 31.0 Å². The zero-order valence-electron chi connectivity index (χ0n) is 19.4. The van der Waals surface area contributed by atoms with Crippen LogP contribution in [0.5, 0.6) is 11.6 Å². The van der Waals surface area contributed by atoms with Crippen LogP contribution in [-0.2, 0) is 14.6 Å². The van der Waals surface area contributed by atoms with Crippen LogP contribution in [0.15, 0.2) is 41.6 Å². The lowest BCUT2D eigenvalue weighted by Crippen LogP contribution is -2.39. The van der Waals surface area contributed by atoms with Crippen molar-refractivity contribution in [3.05, 3.63) is 42.1 Å². The Morgan fingerprint density at radius 1 is 1.17 bits per heavy atom. The van der Waals surface area contributed by atoms with E-state index in [1.807, 2.05) is 19.9 Å². The molecule has 0 aliphatic carbocycles. The lowest BCUT2D eigenvalue weighted by atomic mass is 10.1. The van der Waals surface area contributed by atoms with Gasteiger partial charge in [-0.25, -0.2) is 23.4 Å². The van der Waals surface area contributed by atoms with E-state index in [9.17, 15) is 18.5 Å². The van der Waals surface area contributed by atoms with Gasteiger partial charge in [-0.1, -0.05) is 0 Å². The molecule has 1 aliphatic rings. The Morgan fingerprint density at radius 3 is 2.63 bits per heavy atom. The van der Waals surface area contributed by atoms with Crippen LogP contribution in [0.1, 0.15) is 26.3 Å². The fourth-order valence-corrected chi connectivity index (χ4v) is 3.91. The van der Waals surface area contributed by atoms with E-state index in [-0.39, 0.29) is 28.1 Å². The summed E-state index contributed by atoms with van der Waals surface area (Å²) in [5.74, 6) is 0.874. The van der Waals surface area contributed by atoms with Crippen LogP contribution in [0.2, 0.25) is 0 Å². The highest BCUT2D eigenvalue weighted by Crippen LogP contribution is 2.38. The number of amides is 1. The van der Waals surface area contributed by atoms with E-state index in [0.717, 1.165) is 6.26 Å². The number of aromatic nitrogens is 3. The van der Waals surface area contributed by atoms with Gasteiger partial charge in [-0.2, -0.15) is 5.26 Å². The molecule has 4 rings (SSSR count). The van der Waals surface area contributed by atoms with Crippen molar-refractivity contribution in [3.63, 3.8) is 0 Å². The standard InChI is InChI=1S/C23H22N6O5S/c1-13(30)26-19-9-17(27-20-7-14(10-24)8-21(29-20)35(4,31)32)15(11-25-19)16-5-6-18-22(28-16)33-12-23(2,3)34-18/h5-9,11H,12H2,1-4H3,(H2,25,26,27,29,30). The molecule has 0 unspecified atom stereocenters. The maximum Gasteiger partial charge on any atom is 0.257 e. The lowest BCUT2D eigenvalue weighted by molar-refractivity contribution is -0.114. The third-order valence-electron chi connectivity index (χ3n) is 4.83. The number of pyridine rings is 3. The quantitative estimate of drug-likeness (QED) is 0.540. The third-order valence-corrected chi connectivity index (χ3v) is 5.79. The summed E-state index contributed by atoms with van der Waals surface area (Å²) in [4.78, 5) is 24.5. The number of ether oxygens (including phenoxy) is 2. The number of nitrogens with one attached hydrogen (secondary N) is 2. The minimum atomic E-state index is -3.67. The average Bonchev–Trinajstić information content (AvgIpc) is 2.77. The van der Waals surface area contributed by atoms with E-state index >= 15 is 0 Å². The smallest absolute Gasteiger partial charge is 0.257 e. The van der Waals surface area contributed by atoms with Crippen LogP contribution >= 0.6 is 0 Å². The van der Waals surface area contributed by atoms with E-state index < -0.39 is 15.4 Å². The van der Waals surface area contributed by atoms with Crippen molar-refractivity contribution in [2.24, 2.45) is 0 Å². The third kappa shape index (κ3) is 5.47. The van der Waals surface area contributed by atoms with Crippen molar-refractivity contribution in [2.75, 3.05) is 23.5 Å². The molecule has 0 spiro atoms. The second-order valence-electron chi connectivity index (χ2n) is 8.53. The van der Waals surface area contributed by atoms with Crippen LogP contribution < -0.4 is 20.1 Å². The molecule has 180 valence electrons. The highest BCUT2D eigenvalue weighted by Gasteiger charge is 2.29. The summed E-state index contributed by atoms with van der Waals surface area (Å²) in [6.45, 7) is 5.48. The van der Waals surface area contributed by atoms with Gasteiger partial charge in [0.15, 0.2) is 20.6 Å². The SMILES string of the molecule is CC(=O)Nc1cc(Nc2cc(C#N)cc(S(C)(=O)=O)n2)c(-c2ccc3c(n2)OCC(C)(C)O3)cn1. The number of nitriles is 1. The molecular weight excluding hydrogens is 472 g/mol. The van der Waals surface area contributed by atoms with Gasteiger partial charge >= 0.3 is 0 Å². The average molecular weight is 495 g/mol. The molecule has 2 N–H and O–H groups in total. The first kappa shape index (κ1) is 23.9. The summed E-state index contributed by atoms with van der Waals surface area (Å²) in [7, 11) is -3.67. The minimum absolute atomic E-state index is 0.112. The van der Waals surface area contributed by atoms with Gasteiger partial charge in [-0.15, -0.1) is 0 Å². The number of hydrogen-bond acceptors (Lipinski definition) is 10. The highest BCUT2D eigenvalue weighted by molar-refractivity contribution is 7.90. The maximum absolute atomic E-state index is 12.1. The summed E-state index contributed by atoms with van der Waals surface area (Å²) in [6, 6.07) is 9.56. The number of carbonyl (C=O) groups excluding carboxylic acids is 1. The molecule has 1 aliphatic heterocycles. The van der Waals surface area contributed by atoms with Gasteiger partial charge in [0.05, 0.1) is 23.0 Å². The maximum atomic E-state index is 12.1. The van der Waals surface area contributed by atoms with E-state index in [1.165, 1.54) is 25.3 Å². The molecule has 0 saturated heterocycles. The first-order valence-electron chi connectivity index (χ1n) is 10.4. The molecule has 0 saturated carbocycles. The molecule has 4 heterocycles. The molecule has 12 heteroatoms. The lowest BCUT2D eigenvalue weighted by Gasteiger charge is -2.31. The zero-order chi connectivity index (χ0) is 25.4. The van der Waals surface area contributed by atoms with Crippen molar-refractivity contribution in [3.8, 4) is 29.0 Å². The summed E-state index contributed by atoms with van der Waals surface area (Å²) in [6.07, 6.45) is 2.51. The summed E-state index contributed by atoms with van der Waals surface area (Å²) in [5, 5.41) is 14.7. The number of nitrogens with zero attached hydrogens (tertiary/aromatic N) is 4. The van der Waals surface area contributed by atoms with E-state index in [0.29, 0.717) is 35.2 Å². The van der Waals surface area contributed by atoms with E-state index in [2.05, 4.69) is 25.6 Å². The number of rotatable bonds is 5. The Morgan fingerprint density at radius 2 is 1.94 bits per heavy atom. The summed E-state index contributed by atoms with van der Waals surface area (Å²) < 4.78 is 35.8. The largest absolute Gasteiger partial charge is 0.479 e. The van der Waals surface area contributed by atoms with E-state index in [4.69, 9.17) is 9.47 Å². The van der Waals surface area contributed by atoms with Crippen LogP contribution in [0.25, 0.3) is 11.3 Å². The number of carbonyl (C=O) groups is 1. The fourth-order valence-electron chi connectivity index (χ4n) is 3.30. The number of hydrogen-bond donors (Lipinski definition) is 2.